The van der Waals surface area contributed by atoms with Gasteiger partial charge in [0.15, 0.2) is 0 Å². The summed E-state index contributed by atoms with van der Waals surface area (Å²) in [4.78, 5) is 2.67. The molecule has 3 heteroatoms. The Hall–Kier alpha value is -0.120. The highest BCUT2D eigenvalue weighted by atomic mass is 16.5. The normalized spacial score (nSPS) is 35.1. The van der Waals surface area contributed by atoms with Crippen LogP contribution in [0.3, 0.4) is 0 Å². The second-order valence-electron chi connectivity index (χ2n) is 7.08. The molecule has 1 aliphatic heterocycles. The third kappa shape index (κ3) is 3.20. The van der Waals surface area contributed by atoms with Crippen molar-refractivity contribution in [3.8, 4) is 0 Å². The molecule has 1 saturated heterocycles. The van der Waals surface area contributed by atoms with Gasteiger partial charge in [0.05, 0.1) is 6.10 Å². The van der Waals surface area contributed by atoms with Crippen molar-refractivity contribution in [3.05, 3.63) is 0 Å². The van der Waals surface area contributed by atoms with E-state index in [-0.39, 0.29) is 5.54 Å². The van der Waals surface area contributed by atoms with Crippen LogP contribution < -0.4 is 5.73 Å². The molecule has 3 unspecified atom stereocenters. The van der Waals surface area contributed by atoms with Gasteiger partial charge < -0.3 is 10.5 Å². The fourth-order valence-electron chi connectivity index (χ4n) is 4.64. The first-order valence-electron chi connectivity index (χ1n) is 8.70. The zero-order valence-corrected chi connectivity index (χ0v) is 13.7. The minimum Gasteiger partial charge on any atom is -0.377 e. The topological polar surface area (TPSA) is 38.5 Å². The lowest BCUT2D eigenvalue weighted by Gasteiger charge is -2.53. The molecule has 2 aliphatic rings. The second kappa shape index (κ2) is 7.24. The lowest BCUT2D eigenvalue weighted by molar-refractivity contribution is -0.0385. The van der Waals surface area contributed by atoms with Crippen molar-refractivity contribution in [2.75, 3.05) is 26.2 Å². The number of nitrogens with zero attached hydrogens (tertiary/aromatic N) is 1. The summed E-state index contributed by atoms with van der Waals surface area (Å²) >= 11 is 0. The summed E-state index contributed by atoms with van der Waals surface area (Å²) in [6.45, 7) is 11.0. The van der Waals surface area contributed by atoms with E-state index in [0.29, 0.717) is 6.10 Å². The van der Waals surface area contributed by atoms with Gasteiger partial charge in [-0.05, 0) is 44.1 Å². The van der Waals surface area contributed by atoms with Crippen LogP contribution in [0, 0.1) is 11.8 Å². The molecule has 118 valence electrons. The molecular weight excluding hydrogens is 248 g/mol. The minimum atomic E-state index is 0.215. The van der Waals surface area contributed by atoms with E-state index in [2.05, 4.69) is 25.7 Å². The lowest BCUT2D eigenvalue weighted by atomic mass is 9.66. The number of likely N-dealkylation sites (N-methyl/N-ethyl adjacent to an activating group) is 1. The van der Waals surface area contributed by atoms with Gasteiger partial charge in [0.25, 0.3) is 0 Å². The van der Waals surface area contributed by atoms with Gasteiger partial charge in [-0.15, -0.1) is 0 Å². The van der Waals surface area contributed by atoms with Crippen molar-refractivity contribution in [1.29, 1.82) is 0 Å². The molecular formula is C17H34N2O. The van der Waals surface area contributed by atoms with Gasteiger partial charge in [-0.25, -0.2) is 0 Å². The van der Waals surface area contributed by atoms with Gasteiger partial charge in [0, 0.05) is 25.2 Å². The van der Waals surface area contributed by atoms with Crippen LogP contribution in [0.1, 0.15) is 59.3 Å². The van der Waals surface area contributed by atoms with E-state index in [1.165, 1.54) is 38.5 Å². The number of hydrogen-bond acceptors (Lipinski definition) is 3. The van der Waals surface area contributed by atoms with E-state index in [1.54, 1.807) is 0 Å². The van der Waals surface area contributed by atoms with Crippen molar-refractivity contribution >= 4 is 0 Å². The maximum Gasteiger partial charge on any atom is 0.0703 e. The largest absolute Gasteiger partial charge is 0.377 e. The molecule has 0 radical (unpaired) electrons. The summed E-state index contributed by atoms with van der Waals surface area (Å²) in [5.41, 5.74) is 6.55. The summed E-state index contributed by atoms with van der Waals surface area (Å²) in [6, 6.07) is 0. The van der Waals surface area contributed by atoms with Crippen molar-refractivity contribution in [2.45, 2.75) is 70.9 Å². The van der Waals surface area contributed by atoms with Crippen LogP contribution >= 0.6 is 0 Å². The Morgan fingerprint density at radius 2 is 2.05 bits per heavy atom. The molecule has 0 spiro atoms. The third-order valence-corrected chi connectivity index (χ3v) is 5.68. The summed E-state index contributed by atoms with van der Waals surface area (Å²) in [7, 11) is 0. The zero-order valence-electron chi connectivity index (χ0n) is 13.7. The van der Waals surface area contributed by atoms with Crippen LogP contribution in [0.2, 0.25) is 0 Å². The van der Waals surface area contributed by atoms with Gasteiger partial charge in [-0.2, -0.15) is 0 Å². The Kier molecular flexibility index (Phi) is 5.88. The highest BCUT2D eigenvalue weighted by Gasteiger charge is 2.45. The molecule has 3 atom stereocenters. The van der Waals surface area contributed by atoms with Gasteiger partial charge in [0.1, 0.15) is 0 Å². The van der Waals surface area contributed by atoms with Crippen molar-refractivity contribution in [2.24, 2.45) is 17.6 Å². The fourth-order valence-corrected chi connectivity index (χ4v) is 4.64. The number of nitrogens with two attached hydrogens (primary N) is 1. The van der Waals surface area contributed by atoms with E-state index < -0.39 is 0 Å². The number of hydrogen-bond donors (Lipinski definition) is 1. The molecule has 1 saturated carbocycles. The molecule has 0 aromatic rings. The Balaban J connectivity index is 2.15. The highest BCUT2D eigenvalue weighted by Crippen LogP contribution is 2.42. The Morgan fingerprint density at radius 3 is 2.60 bits per heavy atom. The van der Waals surface area contributed by atoms with Crippen LogP contribution in [-0.2, 0) is 4.74 Å². The smallest absolute Gasteiger partial charge is 0.0703 e. The first-order chi connectivity index (χ1) is 9.64. The van der Waals surface area contributed by atoms with E-state index in [4.69, 9.17) is 10.5 Å². The maximum absolute atomic E-state index is 6.33. The van der Waals surface area contributed by atoms with Crippen LogP contribution in [0.25, 0.3) is 0 Å². The van der Waals surface area contributed by atoms with Crippen LogP contribution in [0.15, 0.2) is 0 Å². The van der Waals surface area contributed by atoms with E-state index in [0.717, 1.165) is 38.1 Å². The molecule has 0 amide bonds. The predicted molar refractivity (Wildman–Crippen MR) is 84.8 cm³/mol. The summed E-state index contributed by atoms with van der Waals surface area (Å²) in [5.74, 6) is 1.46. The Morgan fingerprint density at radius 1 is 1.25 bits per heavy atom. The first-order valence-corrected chi connectivity index (χ1v) is 8.70. The highest BCUT2D eigenvalue weighted by molar-refractivity contribution is 5.01. The quantitative estimate of drug-likeness (QED) is 0.814. The van der Waals surface area contributed by atoms with Crippen LogP contribution in [-0.4, -0.2) is 42.8 Å². The Bertz CT molecular complexity index is 289. The summed E-state index contributed by atoms with van der Waals surface area (Å²) in [6.07, 6.45) is 8.22. The minimum absolute atomic E-state index is 0.215. The standard InChI is InChI=1S/C17H34N2O/c1-4-19(12-15-8-7-11-20-15)17(13-18)10-6-5-9-16(17)14(2)3/h14-16H,4-13,18H2,1-3H3. The van der Waals surface area contributed by atoms with Crippen molar-refractivity contribution in [3.63, 3.8) is 0 Å². The van der Waals surface area contributed by atoms with Gasteiger partial charge in [-0.1, -0.05) is 33.6 Å². The summed E-state index contributed by atoms with van der Waals surface area (Å²) in [5, 5.41) is 0. The fraction of sp³-hybridized carbons (Fsp3) is 1.00. The van der Waals surface area contributed by atoms with Crippen LogP contribution in [0.5, 0.6) is 0 Å². The van der Waals surface area contributed by atoms with E-state index in [9.17, 15) is 0 Å². The molecule has 3 nitrogen and oxygen atoms in total. The molecule has 1 aliphatic carbocycles. The molecule has 0 aromatic carbocycles. The summed E-state index contributed by atoms with van der Waals surface area (Å²) < 4.78 is 5.88. The molecule has 2 N–H and O–H groups in total. The third-order valence-electron chi connectivity index (χ3n) is 5.68. The molecule has 0 aromatic heterocycles. The van der Waals surface area contributed by atoms with Gasteiger partial charge in [0.2, 0.25) is 0 Å². The molecule has 1 heterocycles. The number of ether oxygens (including phenoxy) is 1. The predicted octanol–water partition coefficient (Wildman–Crippen LogP) is 3.03. The van der Waals surface area contributed by atoms with Crippen molar-refractivity contribution in [1.82, 2.24) is 4.90 Å². The lowest BCUT2D eigenvalue weighted by Crippen LogP contribution is -2.62. The molecule has 2 rings (SSSR count). The molecule has 20 heavy (non-hydrogen) atoms. The average molecular weight is 282 g/mol. The van der Waals surface area contributed by atoms with E-state index in [1.807, 2.05) is 0 Å². The van der Waals surface area contributed by atoms with Gasteiger partial charge in [-0.3, -0.25) is 4.90 Å². The maximum atomic E-state index is 6.33. The number of rotatable bonds is 6. The first kappa shape index (κ1) is 16.3. The molecule has 2 fully saturated rings. The van der Waals surface area contributed by atoms with Crippen LogP contribution in [0.4, 0.5) is 0 Å². The monoisotopic (exact) mass is 282 g/mol. The Labute approximate surface area is 125 Å². The molecule has 0 bridgehead atoms. The van der Waals surface area contributed by atoms with Gasteiger partial charge >= 0.3 is 0 Å². The van der Waals surface area contributed by atoms with Crippen molar-refractivity contribution < 1.29 is 4.74 Å². The average Bonchev–Trinajstić information content (AvgIpc) is 2.97. The second-order valence-corrected chi connectivity index (χ2v) is 7.08. The van der Waals surface area contributed by atoms with E-state index >= 15 is 0 Å². The SMILES string of the molecule is CCN(CC1CCCO1)C1(CN)CCCCC1C(C)C. The zero-order chi connectivity index (χ0) is 14.6.